The van der Waals surface area contributed by atoms with E-state index in [1.165, 1.54) is 0 Å². The minimum absolute atomic E-state index is 0.289. The van der Waals surface area contributed by atoms with Crippen LogP contribution in [-0.4, -0.2) is 53.0 Å². The van der Waals surface area contributed by atoms with E-state index >= 15 is 0 Å². The molecule has 0 N–H and O–H groups in total. The van der Waals surface area contributed by atoms with Crippen molar-refractivity contribution in [2.24, 2.45) is 0 Å². The first-order valence-electron chi connectivity index (χ1n) is 8.33. The van der Waals surface area contributed by atoms with Crippen LogP contribution in [0, 0.1) is 0 Å². The van der Waals surface area contributed by atoms with Crippen molar-refractivity contribution < 1.29 is 17.9 Å². The molecule has 0 radical (unpaired) electrons. The Morgan fingerprint density at radius 2 is 1.65 bits per heavy atom. The third-order valence-electron chi connectivity index (χ3n) is 4.56. The van der Waals surface area contributed by atoms with Gasteiger partial charge in [-0.1, -0.05) is 0 Å². The van der Waals surface area contributed by atoms with Crippen LogP contribution in [0.3, 0.4) is 0 Å². The maximum absolute atomic E-state index is 12.8. The summed E-state index contributed by atoms with van der Waals surface area (Å²) in [5.41, 5.74) is 1.10. The van der Waals surface area contributed by atoms with Gasteiger partial charge in [-0.2, -0.15) is 18.3 Å². The summed E-state index contributed by atoms with van der Waals surface area (Å²) in [6.45, 7) is 3.55. The van der Waals surface area contributed by atoms with Crippen LogP contribution in [0.4, 0.5) is 24.8 Å². The van der Waals surface area contributed by atoms with Crippen LogP contribution in [0.15, 0.2) is 18.5 Å². The van der Waals surface area contributed by atoms with Gasteiger partial charge in [-0.25, -0.2) is 9.97 Å². The molecule has 4 heterocycles. The van der Waals surface area contributed by atoms with Crippen molar-refractivity contribution >= 4 is 11.6 Å². The van der Waals surface area contributed by atoms with Gasteiger partial charge in [0.2, 0.25) is 0 Å². The van der Waals surface area contributed by atoms with Crippen molar-refractivity contribution in [3.8, 4) is 0 Å². The Morgan fingerprint density at radius 1 is 0.923 bits per heavy atom. The molecule has 2 aromatic rings. The van der Waals surface area contributed by atoms with Gasteiger partial charge in [0, 0.05) is 44.2 Å². The highest BCUT2D eigenvalue weighted by Gasteiger charge is 2.33. The molecule has 0 aromatic carbocycles. The molecule has 0 saturated carbocycles. The molecule has 0 spiro atoms. The topological polar surface area (TPSA) is 67.3 Å². The highest BCUT2D eigenvalue weighted by atomic mass is 19.4. The average Bonchev–Trinajstić information content (AvgIpc) is 2.67. The van der Waals surface area contributed by atoms with Crippen LogP contribution >= 0.6 is 0 Å². The molecule has 7 nitrogen and oxygen atoms in total. The van der Waals surface area contributed by atoms with Gasteiger partial charge in [-0.05, 0) is 6.07 Å². The molecule has 0 amide bonds. The molecule has 4 rings (SSSR count). The van der Waals surface area contributed by atoms with E-state index in [0.29, 0.717) is 39.4 Å². The summed E-state index contributed by atoms with van der Waals surface area (Å²) in [5, 5.41) is 8.57. The highest BCUT2D eigenvalue weighted by molar-refractivity contribution is 5.46. The summed E-state index contributed by atoms with van der Waals surface area (Å²) < 4.78 is 43.9. The second-order valence-electron chi connectivity index (χ2n) is 6.21. The largest absolute Gasteiger partial charge is 0.433 e. The molecule has 26 heavy (non-hydrogen) atoms. The molecule has 2 aromatic heterocycles. The predicted octanol–water partition coefficient (Wildman–Crippen LogP) is 1.68. The second kappa shape index (κ2) is 6.67. The summed E-state index contributed by atoms with van der Waals surface area (Å²) in [5.74, 6) is 1.06. The Balaban J connectivity index is 1.44. The number of halogens is 3. The van der Waals surface area contributed by atoms with E-state index in [1.54, 1.807) is 0 Å². The number of rotatable bonds is 2. The first-order chi connectivity index (χ1) is 12.5. The molecular weight excluding hydrogens is 349 g/mol. The number of aromatic nitrogens is 4. The third-order valence-corrected chi connectivity index (χ3v) is 4.56. The molecule has 10 heteroatoms. The van der Waals surface area contributed by atoms with E-state index < -0.39 is 11.9 Å². The number of nitrogens with zero attached hydrogens (tertiary/aromatic N) is 6. The number of hydrogen-bond acceptors (Lipinski definition) is 7. The molecule has 2 aliphatic heterocycles. The van der Waals surface area contributed by atoms with Crippen molar-refractivity contribution in [1.29, 1.82) is 0 Å². The number of alkyl halides is 3. The summed E-state index contributed by atoms with van der Waals surface area (Å²) in [7, 11) is 0. The van der Waals surface area contributed by atoms with Crippen LogP contribution < -0.4 is 9.80 Å². The van der Waals surface area contributed by atoms with E-state index in [-0.39, 0.29) is 5.82 Å². The van der Waals surface area contributed by atoms with E-state index in [1.807, 2.05) is 11.0 Å². The van der Waals surface area contributed by atoms with Gasteiger partial charge >= 0.3 is 6.18 Å². The fourth-order valence-corrected chi connectivity index (χ4v) is 3.12. The van der Waals surface area contributed by atoms with Crippen molar-refractivity contribution in [3.05, 3.63) is 35.4 Å². The smallest absolute Gasteiger partial charge is 0.376 e. The number of hydrogen-bond donors (Lipinski definition) is 0. The minimum atomic E-state index is -4.47. The third kappa shape index (κ3) is 3.41. The molecule has 0 aliphatic carbocycles. The van der Waals surface area contributed by atoms with Crippen molar-refractivity contribution in [2.45, 2.75) is 19.2 Å². The van der Waals surface area contributed by atoms with Crippen LogP contribution in [0.25, 0.3) is 0 Å². The lowest BCUT2D eigenvalue weighted by Gasteiger charge is -2.36. The molecular formula is C16H17F3N6O. The zero-order valence-electron chi connectivity index (χ0n) is 13.9. The first-order valence-corrected chi connectivity index (χ1v) is 8.33. The van der Waals surface area contributed by atoms with E-state index in [0.717, 1.165) is 35.9 Å². The molecule has 1 saturated heterocycles. The van der Waals surface area contributed by atoms with Gasteiger partial charge in [0.05, 0.1) is 18.9 Å². The van der Waals surface area contributed by atoms with Crippen molar-refractivity contribution in [3.63, 3.8) is 0 Å². The Labute approximate surface area is 147 Å². The lowest BCUT2D eigenvalue weighted by atomic mass is 10.1. The van der Waals surface area contributed by atoms with Crippen LogP contribution in [0.1, 0.15) is 17.0 Å². The number of ether oxygens (including phenoxy) is 1. The number of piperazine rings is 1. The van der Waals surface area contributed by atoms with Gasteiger partial charge in [0.15, 0.2) is 5.82 Å². The standard InChI is InChI=1S/C16H17F3N6O/c17-16(18,19)13-8-14(21-10-20-13)24-2-4-25(5-3-24)15-7-11-9-26-6-1-12(11)22-23-15/h7-8,10H,1-6,9H2. The van der Waals surface area contributed by atoms with Gasteiger partial charge < -0.3 is 14.5 Å². The predicted molar refractivity (Wildman–Crippen MR) is 86.9 cm³/mol. The molecule has 1 fully saturated rings. The molecule has 0 bridgehead atoms. The van der Waals surface area contributed by atoms with Crippen molar-refractivity contribution in [1.82, 2.24) is 20.2 Å². The molecule has 138 valence electrons. The molecule has 0 atom stereocenters. The van der Waals surface area contributed by atoms with Gasteiger partial charge in [0.1, 0.15) is 17.8 Å². The Hall–Kier alpha value is -2.49. The fourth-order valence-electron chi connectivity index (χ4n) is 3.12. The van der Waals surface area contributed by atoms with E-state index in [2.05, 4.69) is 25.1 Å². The quantitative estimate of drug-likeness (QED) is 0.801. The SMILES string of the molecule is FC(F)(F)c1cc(N2CCN(c3cc4c(nn3)CCOC4)CC2)ncn1. The van der Waals surface area contributed by atoms with Crippen LogP contribution in [-0.2, 0) is 23.9 Å². The zero-order chi connectivity index (χ0) is 18.1. The lowest BCUT2D eigenvalue weighted by Crippen LogP contribution is -2.47. The Kier molecular flexibility index (Phi) is 4.35. The normalized spacial score (nSPS) is 18.0. The summed E-state index contributed by atoms with van der Waals surface area (Å²) >= 11 is 0. The van der Waals surface area contributed by atoms with Gasteiger partial charge in [0.25, 0.3) is 0 Å². The fraction of sp³-hybridized carbons (Fsp3) is 0.500. The zero-order valence-corrected chi connectivity index (χ0v) is 13.9. The highest BCUT2D eigenvalue weighted by Crippen LogP contribution is 2.29. The maximum Gasteiger partial charge on any atom is 0.433 e. The first kappa shape index (κ1) is 17.0. The number of anilines is 2. The van der Waals surface area contributed by atoms with E-state index in [4.69, 9.17) is 4.74 Å². The Bertz CT molecular complexity index is 792. The molecule has 2 aliphatic rings. The second-order valence-corrected chi connectivity index (χ2v) is 6.21. The van der Waals surface area contributed by atoms with Crippen LogP contribution in [0.5, 0.6) is 0 Å². The maximum atomic E-state index is 12.8. The van der Waals surface area contributed by atoms with Crippen LogP contribution in [0.2, 0.25) is 0 Å². The minimum Gasteiger partial charge on any atom is -0.376 e. The van der Waals surface area contributed by atoms with Crippen molar-refractivity contribution in [2.75, 3.05) is 42.6 Å². The number of fused-ring (bicyclic) bond motifs is 1. The van der Waals surface area contributed by atoms with Gasteiger partial charge in [-0.15, -0.1) is 5.10 Å². The van der Waals surface area contributed by atoms with Gasteiger partial charge in [-0.3, -0.25) is 0 Å². The van der Waals surface area contributed by atoms with E-state index in [9.17, 15) is 13.2 Å². The Morgan fingerprint density at radius 3 is 2.38 bits per heavy atom. The summed E-state index contributed by atoms with van der Waals surface area (Å²) in [4.78, 5) is 11.2. The summed E-state index contributed by atoms with van der Waals surface area (Å²) in [6.07, 6.45) is -2.74. The summed E-state index contributed by atoms with van der Waals surface area (Å²) in [6, 6.07) is 2.98. The average molecular weight is 366 g/mol. The monoisotopic (exact) mass is 366 g/mol. The molecule has 0 unspecified atom stereocenters. The lowest BCUT2D eigenvalue weighted by molar-refractivity contribution is -0.141.